The van der Waals surface area contributed by atoms with Gasteiger partial charge in [-0.1, -0.05) is 11.6 Å². The van der Waals surface area contributed by atoms with Crippen LogP contribution in [0.3, 0.4) is 0 Å². The molecule has 0 aliphatic carbocycles. The summed E-state index contributed by atoms with van der Waals surface area (Å²) in [5.41, 5.74) is -0.789. The highest BCUT2D eigenvalue weighted by Crippen LogP contribution is 2.30. The van der Waals surface area contributed by atoms with Crippen LogP contribution in [-0.4, -0.2) is 44.4 Å². The molecule has 1 atom stereocenters. The number of nitrogens with zero attached hydrogens (tertiary/aromatic N) is 4. The molecule has 0 aromatic carbocycles. The van der Waals surface area contributed by atoms with Gasteiger partial charge in [-0.2, -0.15) is 5.10 Å². The van der Waals surface area contributed by atoms with E-state index >= 15 is 0 Å². The van der Waals surface area contributed by atoms with Gasteiger partial charge in [0.05, 0.1) is 11.0 Å². The monoisotopic (exact) mass is 330 g/mol. The summed E-state index contributed by atoms with van der Waals surface area (Å²) in [6.45, 7) is 6.38. The highest BCUT2D eigenvalue weighted by atomic mass is 35.5. The second-order valence-electron chi connectivity index (χ2n) is 6.24. The Kier molecular flexibility index (Phi) is 4.60. The molecule has 1 aliphatic rings. The molecule has 0 bridgehead atoms. The second-order valence-corrected chi connectivity index (χ2v) is 6.60. The van der Waals surface area contributed by atoms with Crippen molar-refractivity contribution in [1.29, 1.82) is 0 Å². The molecular formula is C13H19ClN4O4. The van der Waals surface area contributed by atoms with Crippen molar-refractivity contribution in [2.24, 2.45) is 0 Å². The minimum atomic E-state index is -0.569. The van der Waals surface area contributed by atoms with Gasteiger partial charge in [0.15, 0.2) is 0 Å². The molecule has 9 heteroatoms. The number of ether oxygens (including phenoxy) is 1. The van der Waals surface area contributed by atoms with Crippen LogP contribution in [0.5, 0.6) is 0 Å². The SMILES string of the molecule is CC(C)(C)OC(=O)N1CCC[C@H](n2ncc([N+](=O)[O-])c2Cl)C1. The number of amides is 1. The largest absolute Gasteiger partial charge is 0.444 e. The zero-order chi connectivity index (χ0) is 16.5. The molecule has 0 saturated carbocycles. The van der Waals surface area contributed by atoms with Gasteiger partial charge in [0, 0.05) is 13.1 Å². The van der Waals surface area contributed by atoms with Crippen LogP contribution < -0.4 is 0 Å². The number of nitro groups is 1. The number of rotatable bonds is 2. The fourth-order valence-corrected chi connectivity index (χ4v) is 2.66. The Morgan fingerprint density at radius 2 is 2.23 bits per heavy atom. The van der Waals surface area contributed by atoms with E-state index in [0.717, 1.165) is 19.0 Å². The van der Waals surface area contributed by atoms with Crippen LogP contribution in [0.4, 0.5) is 10.5 Å². The summed E-state index contributed by atoms with van der Waals surface area (Å²) >= 11 is 6.01. The van der Waals surface area contributed by atoms with Crippen LogP contribution in [0.1, 0.15) is 39.7 Å². The van der Waals surface area contributed by atoms with Crippen molar-refractivity contribution < 1.29 is 14.5 Å². The summed E-state index contributed by atoms with van der Waals surface area (Å²) in [6, 6.07) is -0.192. The molecule has 0 N–H and O–H groups in total. The average Bonchev–Trinajstić information content (AvgIpc) is 2.79. The molecule has 0 radical (unpaired) electrons. The first-order valence-corrected chi connectivity index (χ1v) is 7.42. The highest BCUT2D eigenvalue weighted by molar-refractivity contribution is 6.31. The lowest BCUT2D eigenvalue weighted by molar-refractivity contribution is -0.384. The van der Waals surface area contributed by atoms with Crippen molar-refractivity contribution in [3.63, 3.8) is 0 Å². The highest BCUT2D eigenvalue weighted by Gasteiger charge is 2.31. The summed E-state index contributed by atoms with van der Waals surface area (Å²) < 4.78 is 6.76. The molecule has 1 aromatic heterocycles. The molecule has 0 spiro atoms. The topological polar surface area (TPSA) is 90.5 Å². The van der Waals surface area contributed by atoms with Crippen molar-refractivity contribution in [2.75, 3.05) is 13.1 Å². The fraction of sp³-hybridized carbons (Fsp3) is 0.692. The number of likely N-dealkylation sites (tertiary alicyclic amines) is 1. The Morgan fingerprint density at radius 1 is 1.55 bits per heavy atom. The summed E-state index contributed by atoms with van der Waals surface area (Å²) in [5, 5.41) is 14.8. The van der Waals surface area contributed by atoms with E-state index in [2.05, 4.69) is 5.10 Å². The lowest BCUT2D eigenvalue weighted by atomic mass is 10.1. The van der Waals surface area contributed by atoms with Gasteiger partial charge in [0.2, 0.25) is 5.15 Å². The number of hydrogen-bond acceptors (Lipinski definition) is 5. The van der Waals surface area contributed by atoms with E-state index in [4.69, 9.17) is 16.3 Å². The predicted molar refractivity (Wildman–Crippen MR) is 80.0 cm³/mol. The van der Waals surface area contributed by atoms with Gasteiger partial charge in [-0.05, 0) is 33.6 Å². The molecule has 1 saturated heterocycles. The van der Waals surface area contributed by atoms with Gasteiger partial charge >= 0.3 is 11.8 Å². The predicted octanol–water partition coefficient (Wildman–Crippen LogP) is 3.02. The van der Waals surface area contributed by atoms with Gasteiger partial charge < -0.3 is 9.64 Å². The minimum absolute atomic E-state index is 0.0129. The summed E-state index contributed by atoms with van der Waals surface area (Å²) in [6.07, 6.45) is 2.25. The first-order valence-electron chi connectivity index (χ1n) is 7.04. The molecule has 8 nitrogen and oxygen atoms in total. The molecule has 22 heavy (non-hydrogen) atoms. The first kappa shape index (κ1) is 16.5. The zero-order valence-electron chi connectivity index (χ0n) is 12.8. The molecule has 2 heterocycles. The molecule has 1 aliphatic heterocycles. The zero-order valence-corrected chi connectivity index (χ0v) is 13.5. The van der Waals surface area contributed by atoms with E-state index in [1.165, 1.54) is 4.68 Å². The Hall–Kier alpha value is -1.83. The van der Waals surface area contributed by atoms with Gasteiger partial charge in [-0.3, -0.25) is 10.1 Å². The number of hydrogen-bond donors (Lipinski definition) is 0. The maximum absolute atomic E-state index is 12.1. The lowest BCUT2D eigenvalue weighted by Crippen LogP contribution is -2.43. The summed E-state index contributed by atoms with van der Waals surface area (Å²) in [7, 11) is 0. The molecule has 1 amide bonds. The van der Waals surface area contributed by atoms with Gasteiger partial charge in [-0.15, -0.1) is 0 Å². The van der Waals surface area contributed by atoms with E-state index in [1.807, 2.05) is 0 Å². The third-order valence-electron chi connectivity index (χ3n) is 3.31. The van der Waals surface area contributed by atoms with Crippen molar-refractivity contribution in [3.8, 4) is 0 Å². The third kappa shape index (κ3) is 3.68. The molecule has 2 rings (SSSR count). The summed E-state index contributed by atoms with van der Waals surface area (Å²) in [4.78, 5) is 24.0. The van der Waals surface area contributed by atoms with Crippen LogP contribution in [0, 0.1) is 10.1 Å². The lowest BCUT2D eigenvalue weighted by Gasteiger charge is -2.34. The van der Waals surface area contributed by atoms with E-state index in [9.17, 15) is 14.9 Å². The van der Waals surface area contributed by atoms with E-state index in [1.54, 1.807) is 25.7 Å². The van der Waals surface area contributed by atoms with Crippen molar-refractivity contribution in [2.45, 2.75) is 45.3 Å². The molecule has 1 aromatic rings. The van der Waals surface area contributed by atoms with E-state index in [-0.39, 0.29) is 16.9 Å². The van der Waals surface area contributed by atoms with Crippen LogP contribution in [0.2, 0.25) is 5.15 Å². The van der Waals surface area contributed by atoms with E-state index in [0.29, 0.717) is 13.1 Å². The number of carbonyl (C=O) groups is 1. The van der Waals surface area contributed by atoms with Crippen molar-refractivity contribution in [1.82, 2.24) is 14.7 Å². The molecule has 1 fully saturated rings. The first-order chi connectivity index (χ1) is 10.2. The fourth-order valence-electron chi connectivity index (χ4n) is 2.36. The number of halogens is 1. The Morgan fingerprint density at radius 3 is 2.77 bits per heavy atom. The Bertz CT molecular complexity index is 581. The number of carbonyl (C=O) groups excluding carboxylic acids is 1. The van der Waals surface area contributed by atoms with Crippen LogP contribution in [0.15, 0.2) is 6.20 Å². The van der Waals surface area contributed by atoms with Crippen molar-refractivity contribution >= 4 is 23.4 Å². The summed E-state index contributed by atoms with van der Waals surface area (Å²) in [5.74, 6) is 0. The van der Waals surface area contributed by atoms with Gasteiger partial charge in [-0.25, -0.2) is 9.48 Å². The number of aromatic nitrogens is 2. The Labute approximate surface area is 133 Å². The average molecular weight is 331 g/mol. The molecule has 122 valence electrons. The number of piperidine rings is 1. The second kappa shape index (κ2) is 6.12. The van der Waals surface area contributed by atoms with Crippen LogP contribution in [0.25, 0.3) is 0 Å². The maximum atomic E-state index is 12.1. The molecular weight excluding hydrogens is 312 g/mol. The smallest absolute Gasteiger partial charge is 0.410 e. The third-order valence-corrected chi connectivity index (χ3v) is 3.67. The van der Waals surface area contributed by atoms with Crippen LogP contribution >= 0.6 is 11.6 Å². The minimum Gasteiger partial charge on any atom is -0.444 e. The Balaban J connectivity index is 2.11. The quantitative estimate of drug-likeness (QED) is 0.614. The molecule has 0 unspecified atom stereocenters. The van der Waals surface area contributed by atoms with Gasteiger partial charge in [0.25, 0.3) is 0 Å². The normalized spacial score (nSPS) is 19.1. The van der Waals surface area contributed by atoms with E-state index < -0.39 is 16.6 Å². The maximum Gasteiger partial charge on any atom is 0.410 e. The van der Waals surface area contributed by atoms with Crippen molar-refractivity contribution in [3.05, 3.63) is 21.5 Å². The van der Waals surface area contributed by atoms with Gasteiger partial charge in [0.1, 0.15) is 11.8 Å². The van der Waals surface area contributed by atoms with Crippen LogP contribution in [-0.2, 0) is 4.74 Å². The standard InChI is InChI=1S/C13H19ClN4O4/c1-13(2,3)22-12(19)16-6-4-5-9(8-16)17-11(14)10(7-15-17)18(20)21/h7,9H,4-6,8H2,1-3H3/t9-/m0/s1.